The molecule has 2 heterocycles. The summed E-state index contributed by atoms with van der Waals surface area (Å²) in [5, 5.41) is 21.7. The molecular weight excluding hydrogens is 611 g/mol. The number of carbonyl (C=O) groups excluding carboxylic acids is 2. The standard InChI is InChI=1S/C24H43IN6O7/c1-2-3-21(32)26-20-4-6-31(7-5-20)22(33)16-27-8-9-28(17-23(34)35)10-11-29(18-24(36)37)13-15-30(14-12-27)19-25-38/h20H,2-19H2,1H3,(H,26,32)(H,34,35)(H,36,37). The van der Waals surface area contributed by atoms with E-state index in [4.69, 9.17) is 0 Å². The maximum absolute atomic E-state index is 13.2. The molecule has 14 heteroatoms. The lowest BCUT2D eigenvalue weighted by Gasteiger charge is -2.35. The van der Waals surface area contributed by atoms with Crippen molar-refractivity contribution in [3.05, 3.63) is 0 Å². The number of likely N-dealkylation sites (tertiary alicyclic amines) is 1. The summed E-state index contributed by atoms with van der Waals surface area (Å²) >= 11 is -1.23. The Labute approximate surface area is 235 Å². The number of aliphatic carboxylic acids is 2. The molecule has 3 N–H and O–H groups in total. The molecule has 0 aliphatic carbocycles. The Morgan fingerprint density at radius 1 is 0.737 bits per heavy atom. The van der Waals surface area contributed by atoms with E-state index in [0.29, 0.717) is 76.4 Å². The van der Waals surface area contributed by atoms with Gasteiger partial charge < -0.3 is 20.4 Å². The first-order valence-corrected chi connectivity index (χ1v) is 15.7. The van der Waals surface area contributed by atoms with Crippen LogP contribution in [-0.2, 0) is 22.2 Å². The maximum atomic E-state index is 13.2. The monoisotopic (exact) mass is 654 g/mol. The van der Waals surface area contributed by atoms with E-state index in [0.717, 1.165) is 19.3 Å². The topological polar surface area (TPSA) is 154 Å². The van der Waals surface area contributed by atoms with Gasteiger partial charge in [-0.05, 0) is 19.3 Å². The zero-order valence-corrected chi connectivity index (χ0v) is 24.5. The van der Waals surface area contributed by atoms with Crippen LogP contribution >= 0.6 is 21.2 Å². The van der Waals surface area contributed by atoms with Crippen molar-refractivity contribution in [3.8, 4) is 0 Å². The van der Waals surface area contributed by atoms with Crippen LogP contribution in [0.5, 0.6) is 0 Å². The van der Waals surface area contributed by atoms with E-state index in [1.54, 1.807) is 9.80 Å². The Morgan fingerprint density at radius 3 is 1.61 bits per heavy atom. The molecule has 0 unspecified atom stereocenters. The highest BCUT2D eigenvalue weighted by atomic mass is 127. The highest BCUT2D eigenvalue weighted by Crippen LogP contribution is 2.12. The Morgan fingerprint density at radius 2 is 1.18 bits per heavy atom. The molecule has 0 atom stereocenters. The Hall–Kier alpha value is -1.75. The Bertz CT molecular complexity index is 796. The molecule has 0 aromatic rings. The van der Waals surface area contributed by atoms with Gasteiger partial charge in [0.1, 0.15) is 0 Å². The van der Waals surface area contributed by atoms with Crippen LogP contribution in [0.15, 0.2) is 0 Å². The van der Waals surface area contributed by atoms with Gasteiger partial charge in [-0.2, -0.15) is 0 Å². The fourth-order valence-electron chi connectivity index (χ4n) is 4.72. The lowest BCUT2D eigenvalue weighted by atomic mass is 10.0. The molecule has 0 spiro atoms. The van der Waals surface area contributed by atoms with E-state index in [1.165, 1.54) is 0 Å². The number of carboxylic acids is 2. The van der Waals surface area contributed by atoms with Crippen LogP contribution in [0.4, 0.5) is 0 Å². The first kappa shape index (κ1) is 32.5. The molecule has 0 aromatic carbocycles. The predicted molar refractivity (Wildman–Crippen MR) is 148 cm³/mol. The number of piperidine rings is 1. The Kier molecular flexibility index (Phi) is 15.2. The molecule has 38 heavy (non-hydrogen) atoms. The van der Waals surface area contributed by atoms with Crippen LogP contribution in [0.2, 0.25) is 0 Å². The van der Waals surface area contributed by atoms with Crippen LogP contribution in [-0.4, -0.2) is 154 Å². The lowest BCUT2D eigenvalue weighted by molar-refractivity contribution is -0.140. The molecule has 0 aromatic heterocycles. The fourth-order valence-corrected chi connectivity index (χ4v) is 5.79. The van der Waals surface area contributed by atoms with Crippen LogP contribution < -0.4 is 5.32 Å². The van der Waals surface area contributed by atoms with Crippen LogP contribution in [0.25, 0.3) is 0 Å². The number of carboxylic acid groups (broad SMARTS) is 2. The second-order valence-electron chi connectivity index (χ2n) is 9.94. The summed E-state index contributed by atoms with van der Waals surface area (Å²) in [6, 6.07) is 0.0916. The van der Waals surface area contributed by atoms with Crippen LogP contribution in [0.1, 0.15) is 32.6 Å². The van der Waals surface area contributed by atoms with Crippen molar-refractivity contribution in [2.24, 2.45) is 0 Å². The average Bonchev–Trinajstić information content (AvgIpc) is 2.85. The number of nitrogens with zero attached hydrogens (tertiary/aromatic N) is 5. The third kappa shape index (κ3) is 12.9. The summed E-state index contributed by atoms with van der Waals surface area (Å²) in [7, 11) is 0. The summed E-state index contributed by atoms with van der Waals surface area (Å²) in [6.07, 6.45) is 2.76. The van der Waals surface area contributed by atoms with Crippen molar-refractivity contribution >= 4 is 44.9 Å². The van der Waals surface area contributed by atoms with E-state index in [-0.39, 0.29) is 37.5 Å². The molecule has 218 valence electrons. The van der Waals surface area contributed by atoms with Crippen LogP contribution in [0, 0.1) is 0 Å². The van der Waals surface area contributed by atoms with Crippen molar-refractivity contribution < 1.29 is 32.5 Å². The first-order valence-electron chi connectivity index (χ1n) is 13.3. The summed E-state index contributed by atoms with van der Waals surface area (Å²) in [5.41, 5.74) is 0. The molecule has 2 aliphatic heterocycles. The van der Waals surface area contributed by atoms with Gasteiger partial charge in [-0.25, -0.2) is 0 Å². The number of rotatable bonds is 11. The summed E-state index contributed by atoms with van der Waals surface area (Å²) < 4.78 is 11.9. The molecule has 0 saturated carbocycles. The fraction of sp³-hybridized carbons (Fsp3) is 0.833. The molecule has 13 nitrogen and oxygen atoms in total. The van der Waals surface area contributed by atoms with Crippen molar-refractivity contribution in [3.63, 3.8) is 0 Å². The first-order chi connectivity index (χ1) is 18.2. The smallest absolute Gasteiger partial charge is 0.317 e. The molecule has 2 amide bonds. The van der Waals surface area contributed by atoms with E-state index in [1.807, 2.05) is 21.6 Å². The number of nitrogens with one attached hydrogen (secondary N) is 1. The van der Waals surface area contributed by atoms with E-state index >= 15 is 0 Å². The van der Waals surface area contributed by atoms with Crippen LogP contribution in [0.3, 0.4) is 0 Å². The minimum Gasteiger partial charge on any atom is -0.480 e. The third-order valence-corrected chi connectivity index (χ3v) is 8.16. The number of hydrogen-bond acceptors (Lipinski definition) is 9. The SMILES string of the molecule is CCCC(=O)NC1CCN(C(=O)CN2CCN(CI=O)CCN(CC(=O)O)CCN(CC(=O)O)CC2)CC1. The van der Waals surface area contributed by atoms with Crippen molar-refractivity contribution in [2.45, 2.75) is 38.6 Å². The maximum Gasteiger partial charge on any atom is 0.317 e. The zero-order valence-electron chi connectivity index (χ0n) is 22.4. The van der Waals surface area contributed by atoms with Gasteiger partial charge >= 0.3 is 11.9 Å². The second-order valence-corrected chi connectivity index (χ2v) is 11.2. The summed E-state index contributed by atoms with van der Waals surface area (Å²) in [6.45, 7) is 6.92. The number of hydrogen-bond donors (Lipinski definition) is 3. The molecule has 0 bridgehead atoms. The van der Waals surface area contributed by atoms with Gasteiger partial charge in [0.15, 0.2) is 21.2 Å². The van der Waals surface area contributed by atoms with E-state index < -0.39 is 33.1 Å². The molecule has 2 aliphatic rings. The lowest BCUT2D eigenvalue weighted by Crippen LogP contribution is -2.51. The summed E-state index contributed by atoms with van der Waals surface area (Å²) in [4.78, 5) is 57.3. The quantitative estimate of drug-likeness (QED) is 0.151. The van der Waals surface area contributed by atoms with Gasteiger partial charge in [0, 0.05) is 77.9 Å². The summed E-state index contributed by atoms with van der Waals surface area (Å²) in [5.74, 6) is -1.83. The normalized spacial score (nSPS) is 20.4. The number of halogens is 1. The van der Waals surface area contributed by atoms with Gasteiger partial charge in [-0.1, -0.05) is 6.92 Å². The molecule has 2 rings (SSSR count). The second kappa shape index (κ2) is 17.8. The number of alkyl halides is 1. The Balaban J connectivity index is 2.00. The van der Waals surface area contributed by atoms with Gasteiger partial charge in [-0.15, -0.1) is 0 Å². The largest absolute Gasteiger partial charge is 0.480 e. The van der Waals surface area contributed by atoms with E-state index in [2.05, 4.69) is 5.32 Å². The van der Waals surface area contributed by atoms with Crippen molar-refractivity contribution in [1.82, 2.24) is 29.8 Å². The van der Waals surface area contributed by atoms with Crippen molar-refractivity contribution in [1.29, 1.82) is 0 Å². The third-order valence-electron chi connectivity index (χ3n) is 6.91. The predicted octanol–water partition coefficient (Wildman–Crippen LogP) is -0.442. The molecule has 2 saturated heterocycles. The minimum atomic E-state index is -1.23. The van der Waals surface area contributed by atoms with Crippen molar-refractivity contribution in [2.75, 3.05) is 89.6 Å². The number of carbonyl (C=O) groups is 4. The van der Waals surface area contributed by atoms with E-state index in [9.17, 15) is 32.5 Å². The highest BCUT2D eigenvalue weighted by Gasteiger charge is 2.26. The molecule has 0 radical (unpaired) electrons. The highest BCUT2D eigenvalue weighted by molar-refractivity contribution is 14.1. The molecular formula is C24H43IN6O7. The average molecular weight is 655 g/mol. The number of amides is 2. The minimum absolute atomic E-state index is 0.00986. The van der Waals surface area contributed by atoms with Gasteiger partial charge in [0.05, 0.1) is 24.2 Å². The zero-order chi connectivity index (χ0) is 27.9. The van der Waals surface area contributed by atoms with Gasteiger partial charge in [0.25, 0.3) is 0 Å². The van der Waals surface area contributed by atoms with Gasteiger partial charge in [0.2, 0.25) is 11.8 Å². The van der Waals surface area contributed by atoms with Gasteiger partial charge in [-0.3, -0.25) is 41.8 Å². The molecule has 2 fully saturated rings.